The van der Waals surface area contributed by atoms with Crippen molar-refractivity contribution in [2.24, 2.45) is 0 Å². The van der Waals surface area contributed by atoms with Crippen molar-refractivity contribution in [1.82, 2.24) is 5.32 Å². The molecule has 1 fully saturated rings. The van der Waals surface area contributed by atoms with E-state index >= 15 is 0 Å². The number of nitrogens with one attached hydrogen (secondary N) is 1. The number of hydrogen-bond donors (Lipinski definition) is 7. The molecule has 0 radical (unpaired) electrons. The number of carbonyl (C=O) groups is 1. The maximum atomic E-state index is 13.0. The first kappa shape index (κ1) is 54.0. The Morgan fingerprint density at radius 2 is 1.21 bits per heavy atom. The Bertz CT molecular complexity index is 1240. The highest BCUT2D eigenvalue weighted by Crippen LogP contribution is 2.26. The van der Waals surface area contributed by atoms with Gasteiger partial charge in [0.2, 0.25) is 5.91 Å². The smallest absolute Gasteiger partial charge is 0.394 e. The number of rotatable bonds is 36. The molecule has 13 nitrogen and oxygen atoms in total. The molecule has 7 N–H and O–H groups in total. The highest BCUT2D eigenvalue weighted by molar-refractivity contribution is 7.80. The van der Waals surface area contributed by atoms with Crippen molar-refractivity contribution in [1.29, 1.82) is 0 Å². The molecule has 1 aliphatic heterocycles. The SMILES string of the molecule is CCCCCCCC/C=C\C/C=C\CC(O)C(=O)NC(COC1OC(CO)C(O)C(OS(=O)(=O)O)C1O)C(O)/C=C/CC/C=C/CCCCCCCCCCCCC. The summed E-state index contributed by atoms with van der Waals surface area (Å²) in [7, 11) is -5.13. The van der Waals surface area contributed by atoms with Crippen molar-refractivity contribution >= 4 is 16.3 Å². The number of aliphatic hydroxyl groups is 5. The normalized spacial score (nSPS) is 22.1. The molecule has 0 bridgehead atoms. The molecule has 0 aromatic heterocycles. The Morgan fingerprint density at radius 3 is 1.76 bits per heavy atom. The molecule has 0 saturated carbocycles. The molecule has 1 amide bonds. The standard InChI is InChI=1S/C44H79NO12S/c1-3-5-7-9-11-13-15-17-18-19-20-21-23-24-26-28-30-32-37(47)36(35-55-44-41(50)42(57-58(52,53)54)40(49)39(34-46)56-44)45-43(51)38(48)33-31-29-27-25-22-16-14-12-10-8-6-4-2/h22-25,29-32,36-42,44,46-50H,3-21,26-28,33-35H2,1-2H3,(H,45,51)(H,52,53,54)/b24-23+,25-22-,31-29-,32-30+. The molecule has 58 heavy (non-hydrogen) atoms. The second-order valence-corrected chi connectivity index (χ2v) is 16.5. The third-order valence-electron chi connectivity index (χ3n) is 10.2. The summed E-state index contributed by atoms with van der Waals surface area (Å²) in [6.07, 6.45) is 29.4. The van der Waals surface area contributed by atoms with Gasteiger partial charge in [-0.15, -0.1) is 0 Å². The first-order valence-corrected chi connectivity index (χ1v) is 23.5. The largest absolute Gasteiger partial charge is 0.397 e. The van der Waals surface area contributed by atoms with Gasteiger partial charge in [-0.25, -0.2) is 4.18 Å². The predicted octanol–water partition coefficient (Wildman–Crippen LogP) is 7.07. The van der Waals surface area contributed by atoms with Gasteiger partial charge in [0.05, 0.1) is 25.4 Å². The lowest BCUT2D eigenvalue weighted by Crippen LogP contribution is -2.61. The van der Waals surface area contributed by atoms with Crippen LogP contribution in [0.4, 0.5) is 0 Å². The summed E-state index contributed by atoms with van der Waals surface area (Å²) in [6, 6.07) is -1.17. The maximum Gasteiger partial charge on any atom is 0.397 e. The summed E-state index contributed by atoms with van der Waals surface area (Å²) in [5.74, 6) is -0.781. The van der Waals surface area contributed by atoms with E-state index in [4.69, 9.17) is 14.0 Å². The van der Waals surface area contributed by atoms with Crippen molar-refractivity contribution in [3.05, 3.63) is 48.6 Å². The van der Waals surface area contributed by atoms with Gasteiger partial charge in [0, 0.05) is 6.42 Å². The van der Waals surface area contributed by atoms with Crippen molar-refractivity contribution in [3.8, 4) is 0 Å². The van der Waals surface area contributed by atoms with E-state index in [1.54, 1.807) is 12.2 Å². The molecular weight excluding hydrogens is 767 g/mol. The molecule has 0 aromatic rings. The molecule has 14 heteroatoms. The lowest BCUT2D eigenvalue weighted by Gasteiger charge is -2.41. The lowest BCUT2D eigenvalue weighted by molar-refractivity contribution is -0.298. The van der Waals surface area contributed by atoms with Crippen LogP contribution in [0.2, 0.25) is 0 Å². The quantitative estimate of drug-likeness (QED) is 0.0192. The fourth-order valence-electron chi connectivity index (χ4n) is 6.64. The van der Waals surface area contributed by atoms with Gasteiger partial charge in [0.15, 0.2) is 6.29 Å². The van der Waals surface area contributed by atoms with Crippen LogP contribution in [-0.4, -0.2) is 107 Å². The number of hydrogen-bond acceptors (Lipinski definition) is 11. The number of aliphatic hydroxyl groups excluding tert-OH is 5. The third-order valence-corrected chi connectivity index (χ3v) is 10.7. The molecule has 338 valence electrons. The van der Waals surface area contributed by atoms with Crippen LogP contribution in [0.15, 0.2) is 48.6 Å². The molecule has 1 aliphatic rings. The van der Waals surface area contributed by atoms with Crippen LogP contribution in [0.1, 0.15) is 162 Å². The first-order valence-electron chi connectivity index (χ1n) is 22.1. The van der Waals surface area contributed by atoms with Crippen LogP contribution in [0.25, 0.3) is 0 Å². The molecule has 8 atom stereocenters. The number of ether oxygens (including phenoxy) is 2. The van der Waals surface area contributed by atoms with E-state index in [-0.39, 0.29) is 6.42 Å². The Morgan fingerprint density at radius 1 is 0.707 bits per heavy atom. The van der Waals surface area contributed by atoms with Crippen LogP contribution >= 0.6 is 0 Å². The van der Waals surface area contributed by atoms with Crippen molar-refractivity contribution in [3.63, 3.8) is 0 Å². The minimum absolute atomic E-state index is 0.0251. The summed E-state index contributed by atoms with van der Waals surface area (Å²) in [5, 5.41) is 54.9. The summed E-state index contributed by atoms with van der Waals surface area (Å²) < 4.78 is 47.4. The number of carbonyl (C=O) groups excluding carboxylic acids is 1. The average Bonchev–Trinajstić information content (AvgIpc) is 3.19. The van der Waals surface area contributed by atoms with Crippen molar-refractivity contribution in [2.75, 3.05) is 13.2 Å². The zero-order valence-electron chi connectivity index (χ0n) is 35.5. The number of allylic oxidation sites excluding steroid dienone is 6. The number of amides is 1. The van der Waals surface area contributed by atoms with E-state index in [2.05, 4.69) is 41.6 Å². The Labute approximate surface area is 350 Å². The fraction of sp³-hybridized carbons (Fsp3) is 0.795. The summed E-state index contributed by atoms with van der Waals surface area (Å²) in [4.78, 5) is 13.0. The Balaban J connectivity index is 2.69. The molecule has 1 saturated heterocycles. The third kappa shape index (κ3) is 27.0. The molecule has 8 unspecified atom stereocenters. The predicted molar refractivity (Wildman–Crippen MR) is 228 cm³/mol. The Hall–Kier alpha value is -1.98. The lowest BCUT2D eigenvalue weighted by atomic mass is 9.99. The maximum absolute atomic E-state index is 13.0. The van der Waals surface area contributed by atoms with Crippen LogP contribution in [-0.2, 0) is 28.9 Å². The fourth-order valence-corrected chi connectivity index (χ4v) is 7.14. The van der Waals surface area contributed by atoms with E-state index in [0.717, 1.165) is 32.1 Å². The van der Waals surface area contributed by atoms with Gasteiger partial charge in [-0.2, -0.15) is 8.42 Å². The van der Waals surface area contributed by atoms with E-state index in [9.17, 15) is 38.7 Å². The van der Waals surface area contributed by atoms with E-state index in [1.807, 2.05) is 12.2 Å². The van der Waals surface area contributed by atoms with Gasteiger partial charge >= 0.3 is 10.4 Å². The Kier molecular flexibility index (Phi) is 32.3. The second-order valence-electron chi connectivity index (χ2n) is 15.4. The molecule has 0 aromatic carbocycles. The van der Waals surface area contributed by atoms with Gasteiger partial charge in [-0.05, 0) is 44.9 Å². The number of unbranched alkanes of at least 4 members (excludes halogenated alkanes) is 18. The van der Waals surface area contributed by atoms with Gasteiger partial charge < -0.3 is 40.3 Å². The summed E-state index contributed by atoms with van der Waals surface area (Å²) >= 11 is 0. The monoisotopic (exact) mass is 846 g/mol. The van der Waals surface area contributed by atoms with E-state index in [0.29, 0.717) is 12.8 Å². The summed E-state index contributed by atoms with van der Waals surface area (Å²) in [5.41, 5.74) is 0. The minimum Gasteiger partial charge on any atom is -0.394 e. The average molecular weight is 846 g/mol. The topological polar surface area (TPSA) is 212 Å². The molecular formula is C44H79NO12S. The van der Waals surface area contributed by atoms with Crippen LogP contribution in [0, 0.1) is 0 Å². The highest BCUT2D eigenvalue weighted by Gasteiger charge is 2.48. The van der Waals surface area contributed by atoms with Gasteiger partial charge in [-0.3, -0.25) is 9.35 Å². The van der Waals surface area contributed by atoms with Gasteiger partial charge in [-0.1, -0.05) is 159 Å². The highest BCUT2D eigenvalue weighted by atomic mass is 32.3. The van der Waals surface area contributed by atoms with Crippen LogP contribution in [0.5, 0.6) is 0 Å². The van der Waals surface area contributed by atoms with Crippen molar-refractivity contribution < 1.29 is 57.0 Å². The zero-order chi connectivity index (χ0) is 42.9. The molecule has 1 rings (SSSR count). The zero-order valence-corrected chi connectivity index (χ0v) is 36.3. The van der Waals surface area contributed by atoms with E-state index in [1.165, 1.54) is 102 Å². The molecule has 0 spiro atoms. The minimum atomic E-state index is -5.13. The van der Waals surface area contributed by atoms with Crippen LogP contribution in [0.3, 0.4) is 0 Å². The van der Waals surface area contributed by atoms with E-state index < -0.39 is 78.5 Å². The van der Waals surface area contributed by atoms with Gasteiger partial charge in [0.1, 0.15) is 30.5 Å². The molecule has 1 heterocycles. The summed E-state index contributed by atoms with van der Waals surface area (Å²) in [6.45, 7) is 3.13. The first-order chi connectivity index (χ1) is 27.9. The molecule has 0 aliphatic carbocycles. The second kappa shape index (κ2) is 34.7. The van der Waals surface area contributed by atoms with Gasteiger partial charge in [0.25, 0.3) is 0 Å². The van der Waals surface area contributed by atoms with Crippen molar-refractivity contribution in [2.45, 2.75) is 210 Å². The van der Waals surface area contributed by atoms with Crippen LogP contribution < -0.4 is 5.32 Å².